The molecule has 0 heterocycles. The Kier molecular flexibility index (Phi) is 5.81. The molecule has 0 amide bonds. The lowest BCUT2D eigenvalue weighted by Gasteiger charge is -2.24. The summed E-state index contributed by atoms with van der Waals surface area (Å²) >= 11 is 5.97. The van der Waals surface area contributed by atoms with Crippen molar-refractivity contribution >= 4 is 11.6 Å². The van der Waals surface area contributed by atoms with E-state index in [1.165, 1.54) is 5.56 Å². The molecule has 0 aliphatic rings. The van der Waals surface area contributed by atoms with Gasteiger partial charge in [0, 0.05) is 11.1 Å². The molecule has 0 aliphatic heterocycles. The Morgan fingerprint density at radius 1 is 1.31 bits per heavy atom. The van der Waals surface area contributed by atoms with Gasteiger partial charge in [-0.15, -0.1) is 0 Å². The van der Waals surface area contributed by atoms with E-state index < -0.39 is 0 Å². The van der Waals surface area contributed by atoms with Crippen LogP contribution in [0.1, 0.15) is 32.3 Å². The van der Waals surface area contributed by atoms with Gasteiger partial charge in [-0.2, -0.15) is 0 Å². The molecule has 1 rings (SSSR count). The molecular formula is C13H21ClN2. The minimum Gasteiger partial charge on any atom is -0.271 e. The van der Waals surface area contributed by atoms with Crippen LogP contribution in [0.5, 0.6) is 0 Å². The molecular weight excluding hydrogens is 220 g/mol. The molecule has 1 aromatic carbocycles. The summed E-state index contributed by atoms with van der Waals surface area (Å²) in [5.74, 6) is 6.24. The number of nitrogens with one attached hydrogen (secondary N) is 1. The predicted molar refractivity (Wildman–Crippen MR) is 70.3 cm³/mol. The standard InChI is InChI=1S/C13H21ClN2/c1-3-11(4-2)13(16-15)9-10-6-5-7-12(14)8-10/h5-8,11,13,16H,3-4,9,15H2,1-2H3. The molecule has 0 spiro atoms. The molecule has 0 saturated carbocycles. The first kappa shape index (κ1) is 13.5. The highest BCUT2D eigenvalue weighted by molar-refractivity contribution is 6.30. The zero-order valence-electron chi connectivity index (χ0n) is 10.0. The van der Waals surface area contributed by atoms with Crippen molar-refractivity contribution in [1.29, 1.82) is 0 Å². The van der Waals surface area contributed by atoms with Gasteiger partial charge in [0.25, 0.3) is 0 Å². The number of nitrogens with two attached hydrogens (primary N) is 1. The lowest BCUT2D eigenvalue weighted by atomic mass is 9.90. The minimum absolute atomic E-state index is 0.327. The molecule has 16 heavy (non-hydrogen) atoms. The van der Waals surface area contributed by atoms with E-state index in [2.05, 4.69) is 25.3 Å². The van der Waals surface area contributed by atoms with Crippen LogP contribution in [-0.4, -0.2) is 6.04 Å². The Labute approximate surface area is 103 Å². The highest BCUT2D eigenvalue weighted by Gasteiger charge is 2.17. The number of hydrazine groups is 1. The van der Waals surface area contributed by atoms with Gasteiger partial charge in [-0.05, 0) is 30.0 Å². The smallest absolute Gasteiger partial charge is 0.0408 e. The summed E-state index contributed by atoms with van der Waals surface area (Å²) in [7, 11) is 0. The fraction of sp³-hybridized carbons (Fsp3) is 0.538. The average Bonchev–Trinajstić information content (AvgIpc) is 2.29. The van der Waals surface area contributed by atoms with Gasteiger partial charge in [-0.3, -0.25) is 11.3 Å². The largest absolute Gasteiger partial charge is 0.271 e. The van der Waals surface area contributed by atoms with Crippen LogP contribution >= 0.6 is 11.6 Å². The molecule has 0 aliphatic carbocycles. The van der Waals surface area contributed by atoms with Crippen molar-refractivity contribution in [3.8, 4) is 0 Å². The van der Waals surface area contributed by atoms with Crippen LogP contribution in [0, 0.1) is 5.92 Å². The fourth-order valence-corrected chi connectivity index (χ4v) is 2.35. The zero-order chi connectivity index (χ0) is 12.0. The number of hydrogen-bond acceptors (Lipinski definition) is 2. The first-order valence-corrected chi connectivity index (χ1v) is 6.29. The molecule has 0 radical (unpaired) electrons. The van der Waals surface area contributed by atoms with Gasteiger partial charge >= 0.3 is 0 Å². The van der Waals surface area contributed by atoms with E-state index in [0.29, 0.717) is 12.0 Å². The van der Waals surface area contributed by atoms with Crippen molar-refractivity contribution in [2.45, 2.75) is 39.2 Å². The summed E-state index contributed by atoms with van der Waals surface area (Å²) in [6.07, 6.45) is 3.22. The van der Waals surface area contributed by atoms with Crippen molar-refractivity contribution in [1.82, 2.24) is 5.43 Å². The van der Waals surface area contributed by atoms with Crippen LogP contribution in [0.2, 0.25) is 5.02 Å². The number of halogens is 1. The van der Waals surface area contributed by atoms with Gasteiger partial charge < -0.3 is 0 Å². The van der Waals surface area contributed by atoms with E-state index in [1.54, 1.807) is 0 Å². The second-order valence-electron chi connectivity index (χ2n) is 4.18. The molecule has 0 bridgehead atoms. The Hall–Kier alpha value is -0.570. The number of rotatable bonds is 6. The Morgan fingerprint density at radius 3 is 2.50 bits per heavy atom. The van der Waals surface area contributed by atoms with Crippen molar-refractivity contribution in [3.63, 3.8) is 0 Å². The maximum Gasteiger partial charge on any atom is 0.0408 e. The van der Waals surface area contributed by atoms with Gasteiger partial charge in [0.1, 0.15) is 0 Å². The molecule has 1 atom stereocenters. The van der Waals surface area contributed by atoms with E-state index in [9.17, 15) is 0 Å². The van der Waals surface area contributed by atoms with Crippen molar-refractivity contribution in [2.24, 2.45) is 11.8 Å². The first-order valence-electron chi connectivity index (χ1n) is 5.91. The van der Waals surface area contributed by atoms with Crippen molar-refractivity contribution < 1.29 is 0 Å². The predicted octanol–water partition coefficient (Wildman–Crippen LogP) is 3.15. The zero-order valence-corrected chi connectivity index (χ0v) is 10.8. The van der Waals surface area contributed by atoms with Crippen molar-refractivity contribution in [2.75, 3.05) is 0 Å². The summed E-state index contributed by atoms with van der Waals surface area (Å²) < 4.78 is 0. The van der Waals surface area contributed by atoms with E-state index in [0.717, 1.165) is 24.3 Å². The van der Waals surface area contributed by atoms with Gasteiger partial charge in [0.2, 0.25) is 0 Å². The van der Waals surface area contributed by atoms with Gasteiger partial charge in [0.05, 0.1) is 0 Å². The Balaban J connectivity index is 2.69. The normalized spacial score (nSPS) is 13.1. The van der Waals surface area contributed by atoms with Gasteiger partial charge in [0.15, 0.2) is 0 Å². The van der Waals surface area contributed by atoms with E-state index in [4.69, 9.17) is 17.4 Å². The van der Waals surface area contributed by atoms with Crippen LogP contribution in [0.15, 0.2) is 24.3 Å². The Morgan fingerprint density at radius 2 is 2.00 bits per heavy atom. The maximum atomic E-state index is 5.97. The third kappa shape index (κ3) is 3.78. The summed E-state index contributed by atoms with van der Waals surface area (Å²) in [5, 5.41) is 0.790. The molecule has 1 aromatic rings. The van der Waals surface area contributed by atoms with Crippen LogP contribution in [0.25, 0.3) is 0 Å². The molecule has 3 heteroatoms. The molecule has 1 unspecified atom stereocenters. The van der Waals surface area contributed by atoms with Crippen LogP contribution in [0.3, 0.4) is 0 Å². The fourth-order valence-electron chi connectivity index (χ4n) is 2.14. The molecule has 0 fully saturated rings. The van der Waals surface area contributed by atoms with E-state index >= 15 is 0 Å². The highest BCUT2D eigenvalue weighted by Crippen LogP contribution is 2.18. The third-order valence-corrected chi connectivity index (χ3v) is 3.41. The van der Waals surface area contributed by atoms with Gasteiger partial charge in [-0.1, -0.05) is 50.4 Å². The second-order valence-corrected chi connectivity index (χ2v) is 4.62. The molecule has 90 valence electrons. The molecule has 3 N–H and O–H groups in total. The summed E-state index contributed by atoms with van der Waals surface area (Å²) in [6, 6.07) is 8.31. The lowest BCUT2D eigenvalue weighted by molar-refractivity contribution is 0.335. The summed E-state index contributed by atoms with van der Waals surface area (Å²) in [5.41, 5.74) is 4.17. The second kappa shape index (κ2) is 6.89. The maximum absolute atomic E-state index is 5.97. The topological polar surface area (TPSA) is 38.0 Å². The van der Waals surface area contributed by atoms with Crippen molar-refractivity contribution in [3.05, 3.63) is 34.9 Å². The Bertz CT molecular complexity index is 311. The van der Waals surface area contributed by atoms with Crippen LogP contribution in [-0.2, 0) is 6.42 Å². The van der Waals surface area contributed by atoms with E-state index in [-0.39, 0.29) is 0 Å². The quantitative estimate of drug-likeness (QED) is 0.592. The third-order valence-electron chi connectivity index (χ3n) is 3.18. The average molecular weight is 241 g/mol. The SMILES string of the molecule is CCC(CC)C(Cc1cccc(Cl)c1)NN. The lowest BCUT2D eigenvalue weighted by Crippen LogP contribution is -2.42. The summed E-state index contributed by atoms with van der Waals surface area (Å²) in [6.45, 7) is 4.41. The molecule has 0 saturated heterocycles. The number of hydrogen-bond donors (Lipinski definition) is 2. The monoisotopic (exact) mass is 240 g/mol. The van der Waals surface area contributed by atoms with Gasteiger partial charge in [-0.25, -0.2) is 0 Å². The molecule has 0 aromatic heterocycles. The minimum atomic E-state index is 0.327. The highest BCUT2D eigenvalue weighted by atomic mass is 35.5. The summed E-state index contributed by atoms with van der Waals surface area (Å²) in [4.78, 5) is 0. The molecule has 2 nitrogen and oxygen atoms in total. The first-order chi connectivity index (χ1) is 7.71. The van der Waals surface area contributed by atoms with Crippen LogP contribution in [0.4, 0.5) is 0 Å². The number of benzene rings is 1. The van der Waals surface area contributed by atoms with Crippen LogP contribution < -0.4 is 11.3 Å². The van der Waals surface area contributed by atoms with E-state index in [1.807, 2.05) is 18.2 Å².